The SMILES string of the molecule is CCOc1cc2c(cc1OC)C(c1ccc(C#N)cc1)=N[C@H]1CCCC[C@@H]21. The Bertz CT molecular complexity index is 909. The first-order valence-electron chi connectivity index (χ1n) is 9.68. The molecule has 1 aliphatic carbocycles. The Kier molecular flexibility index (Phi) is 4.85. The van der Waals surface area contributed by atoms with Crippen molar-refractivity contribution in [2.24, 2.45) is 4.99 Å². The van der Waals surface area contributed by atoms with Crippen LogP contribution in [0.5, 0.6) is 11.5 Å². The molecular weight excluding hydrogens is 336 g/mol. The molecule has 2 aliphatic rings. The molecule has 0 bridgehead atoms. The molecule has 27 heavy (non-hydrogen) atoms. The number of hydrogen-bond donors (Lipinski definition) is 0. The first-order valence-corrected chi connectivity index (χ1v) is 9.68. The van der Waals surface area contributed by atoms with Gasteiger partial charge in [-0.25, -0.2) is 0 Å². The van der Waals surface area contributed by atoms with Gasteiger partial charge in [-0.1, -0.05) is 25.0 Å². The van der Waals surface area contributed by atoms with Crippen molar-refractivity contribution in [2.75, 3.05) is 13.7 Å². The molecule has 0 unspecified atom stereocenters. The van der Waals surface area contributed by atoms with Crippen molar-refractivity contribution in [2.45, 2.75) is 44.6 Å². The summed E-state index contributed by atoms with van der Waals surface area (Å²) in [5.74, 6) is 2.00. The average molecular weight is 360 g/mol. The third-order valence-electron chi connectivity index (χ3n) is 5.60. The van der Waals surface area contributed by atoms with Crippen LogP contribution >= 0.6 is 0 Å². The Hall–Kier alpha value is -2.80. The zero-order valence-corrected chi connectivity index (χ0v) is 15.9. The van der Waals surface area contributed by atoms with Crippen LogP contribution in [0.4, 0.5) is 0 Å². The first-order chi connectivity index (χ1) is 13.2. The lowest BCUT2D eigenvalue weighted by atomic mass is 9.75. The van der Waals surface area contributed by atoms with Gasteiger partial charge in [0.15, 0.2) is 11.5 Å². The molecule has 4 rings (SSSR count). The van der Waals surface area contributed by atoms with E-state index in [9.17, 15) is 0 Å². The summed E-state index contributed by atoms with van der Waals surface area (Å²) in [7, 11) is 1.68. The minimum atomic E-state index is 0.319. The molecule has 1 heterocycles. The highest BCUT2D eigenvalue weighted by Crippen LogP contribution is 2.44. The van der Waals surface area contributed by atoms with Gasteiger partial charge < -0.3 is 9.47 Å². The van der Waals surface area contributed by atoms with E-state index in [1.165, 1.54) is 24.8 Å². The van der Waals surface area contributed by atoms with E-state index < -0.39 is 0 Å². The topological polar surface area (TPSA) is 54.6 Å². The van der Waals surface area contributed by atoms with Crippen LogP contribution < -0.4 is 9.47 Å². The number of methoxy groups -OCH3 is 1. The van der Waals surface area contributed by atoms with Gasteiger partial charge in [0, 0.05) is 17.0 Å². The second-order valence-corrected chi connectivity index (χ2v) is 7.15. The van der Waals surface area contributed by atoms with Gasteiger partial charge in [0.25, 0.3) is 0 Å². The molecule has 1 aliphatic heterocycles. The Morgan fingerprint density at radius 3 is 2.59 bits per heavy atom. The van der Waals surface area contributed by atoms with Gasteiger partial charge in [0.1, 0.15) is 0 Å². The summed E-state index contributed by atoms with van der Waals surface area (Å²) in [5.41, 5.74) is 5.15. The fourth-order valence-corrected chi connectivity index (χ4v) is 4.31. The van der Waals surface area contributed by atoms with Gasteiger partial charge in [0.05, 0.1) is 37.1 Å². The van der Waals surface area contributed by atoms with Crippen LogP contribution in [0.25, 0.3) is 0 Å². The van der Waals surface area contributed by atoms with Crippen molar-refractivity contribution < 1.29 is 9.47 Å². The highest BCUT2D eigenvalue weighted by molar-refractivity contribution is 6.15. The van der Waals surface area contributed by atoms with Crippen molar-refractivity contribution in [3.8, 4) is 17.6 Å². The fraction of sp³-hybridized carbons (Fsp3) is 0.391. The Labute approximate surface area is 160 Å². The van der Waals surface area contributed by atoms with E-state index in [0.29, 0.717) is 24.1 Å². The summed E-state index contributed by atoms with van der Waals surface area (Å²) >= 11 is 0. The number of ether oxygens (including phenoxy) is 2. The number of aliphatic imine (C=N–C) groups is 1. The first kappa shape index (κ1) is 17.6. The summed E-state index contributed by atoms with van der Waals surface area (Å²) in [5, 5.41) is 9.09. The average Bonchev–Trinajstić information content (AvgIpc) is 2.73. The van der Waals surface area contributed by atoms with Crippen molar-refractivity contribution in [1.82, 2.24) is 0 Å². The summed E-state index contributed by atoms with van der Waals surface area (Å²) in [6, 6.07) is 14.4. The molecule has 4 nitrogen and oxygen atoms in total. The van der Waals surface area contributed by atoms with Gasteiger partial charge in [-0.15, -0.1) is 0 Å². The third-order valence-corrected chi connectivity index (χ3v) is 5.60. The lowest BCUT2D eigenvalue weighted by Gasteiger charge is -2.35. The fourth-order valence-electron chi connectivity index (χ4n) is 4.31. The summed E-state index contributed by atoms with van der Waals surface area (Å²) in [6.45, 7) is 2.60. The van der Waals surface area contributed by atoms with Gasteiger partial charge >= 0.3 is 0 Å². The monoisotopic (exact) mass is 360 g/mol. The minimum absolute atomic E-state index is 0.319. The van der Waals surface area contributed by atoms with Gasteiger partial charge in [-0.05, 0) is 49.6 Å². The van der Waals surface area contributed by atoms with Crippen molar-refractivity contribution in [3.05, 3.63) is 58.7 Å². The van der Waals surface area contributed by atoms with E-state index >= 15 is 0 Å². The van der Waals surface area contributed by atoms with Crippen molar-refractivity contribution >= 4 is 5.71 Å². The second kappa shape index (κ2) is 7.44. The van der Waals surface area contributed by atoms with E-state index in [0.717, 1.165) is 34.8 Å². The van der Waals surface area contributed by atoms with Crippen LogP contribution in [0.15, 0.2) is 41.4 Å². The minimum Gasteiger partial charge on any atom is -0.493 e. The molecule has 0 amide bonds. The largest absolute Gasteiger partial charge is 0.493 e. The molecule has 0 spiro atoms. The number of fused-ring (bicyclic) bond motifs is 3. The zero-order valence-electron chi connectivity index (χ0n) is 15.9. The number of benzene rings is 2. The third kappa shape index (κ3) is 3.19. The maximum atomic E-state index is 9.09. The quantitative estimate of drug-likeness (QED) is 0.784. The molecule has 4 heteroatoms. The van der Waals surface area contributed by atoms with Crippen molar-refractivity contribution in [1.29, 1.82) is 5.26 Å². The molecule has 0 N–H and O–H groups in total. The summed E-state index contributed by atoms with van der Waals surface area (Å²) in [4.78, 5) is 5.16. The standard InChI is InChI=1S/C23H24N2O2/c1-3-27-22-12-18-17-6-4-5-7-20(17)25-23(19(18)13-21(22)26-2)16-10-8-15(14-24)9-11-16/h8-13,17,20H,3-7H2,1-2H3/t17-,20-/m0/s1. The molecule has 2 aromatic rings. The van der Waals surface area contributed by atoms with Crippen LogP contribution in [-0.2, 0) is 0 Å². The van der Waals surface area contributed by atoms with Crippen molar-refractivity contribution in [3.63, 3.8) is 0 Å². The summed E-state index contributed by atoms with van der Waals surface area (Å²) in [6.07, 6.45) is 4.77. The van der Waals surface area contributed by atoms with E-state index in [1.54, 1.807) is 7.11 Å². The van der Waals surface area contributed by atoms with Gasteiger partial charge in [-0.3, -0.25) is 4.99 Å². The molecule has 1 fully saturated rings. The van der Waals surface area contributed by atoms with E-state index in [4.69, 9.17) is 19.7 Å². The Balaban J connectivity index is 1.87. The number of hydrogen-bond acceptors (Lipinski definition) is 4. The highest BCUT2D eigenvalue weighted by Gasteiger charge is 2.34. The predicted molar refractivity (Wildman–Crippen MR) is 106 cm³/mol. The lowest BCUT2D eigenvalue weighted by molar-refractivity contribution is 0.308. The molecule has 1 saturated carbocycles. The van der Waals surface area contributed by atoms with Crippen LogP contribution in [0.2, 0.25) is 0 Å². The van der Waals surface area contributed by atoms with Crippen LogP contribution in [0, 0.1) is 11.3 Å². The van der Waals surface area contributed by atoms with Crippen LogP contribution in [0.3, 0.4) is 0 Å². The van der Waals surface area contributed by atoms with E-state index in [1.807, 2.05) is 31.2 Å². The Morgan fingerprint density at radius 2 is 1.89 bits per heavy atom. The zero-order chi connectivity index (χ0) is 18.8. The predicted octanol–water partition coefficient (Wildman–Crippen LogP) is 4.84. The van der Waals surface area contributed by atoms with Gasteiger partial charge in [-0.2, -0.15) is 5.26 Å². The van der Waals surface area contributed by atoms with Crippen LogP contribution in [-0.4, -0.2) is 25.5 Å². The molecule has 2 aromatic carbocycles. The number of rotatable bonds is 4. The van der Waals surface area contributed by atoms with E-state index in [-0.39, 0.29) is 0 Å². The second-order valence-electron chi connectivity index (χ2n) is 7.15. The van der Waals surface area contributed by atoms with Gasteiger partial charge in [0.2, 0.25) is 0 Å². The lowest BCUT2D eigenvalue weighted by Crippen LogP contribution is -2.29. The summed E-state index contributed by atoms with van der Waals surface area (Å²) < 4.78 is 11.4. The smallest absolute Gasteiger partial charge is 0.161 e. The normalized spacial score (nSPS) is 20.7. The molecule has 0 saturated heterocycles. The van der Waals surface area contributed by atoms with Crippen LogP contribution in [0.1, 0.15) is 60.8 Å². The number of nitrogens with zero attached hydrogens (tertiary/aromatic N) is 2. The maximum Gasteiger partial charge on any atom is 0.161 e. The maximum absolute atomic E-state index is 9.09. The number of nitriles is 1. The van der Waals surface area contributed by atoms with E-state index in [2.05, 4.69) is 18.2 Å². The highest BCUT2D eigenvalue weighted by atomic mass is 16.5. The Morgan fingerprint density at radius 1 is 1.11 bits per heavy atom. The molecule has 0 aromatic heterocycles. The molecular formula is C23H24N2O2. The molecule has 2 atom stereocenters. The molecule has 0 radical (unpaired) electrons. The molecule has 138 valence electrons.